The molecule has 1 saturated heterocycles. The molecule has 144 valence electrons. The lowest BCUT2D eigenvalue weighted by atomic mass is 10.2. The van der Waals surface area contributed by atoms with E-state index >= 15 is 0 Å². The molecule has 1 aliphatic heterocycles. The fraction of sp³-hybridized carbons (Fsp3) is 0.550. The van der Waals surface area contributed by atoms with Crippen molar-refractivity contribution in [3.63, 3.8) is 0 Å². The van der Waals surface area contributed by atoms with Crippen LogP contribution >= 0.6 is 0 Å². The second-order valence-corrected chi connectivity index (χ2v) is 8.38. The normalized spacial score (nSPS) is 20.0. The number of hydrogen-bond donors (Lipinski definition) is 2. The standard InChI is InChI=1S/C20H27N5O2/c1-20(2,3)27-19(26)22-14-10-11-25(12-14)18-17(21-13-8-9-13)23-15-6-4-5-7-16(15)24-18/h4-7,13-14H,8-12H2,1-3H3,(H,21,23)(H,22,26)/t14-/m1/s1. The van der Waals surface area contributed by atoms with E-state index in [2.05, 4.69) is 15.5 Å². The summed E-state index contributed by atoms with van der Waals surface area (Å²) in [7, 11) is 0. The SMILES string of the molecule is CC(C)(C)OC(=O)N[C@@H]1CCN(c2nc3ccccc3nc2NC2CC2)C1. The first-order valence-corrected chi connectivity index (χ1v) is 9.65. The topological polar surface area (TPSA) is 79.4 Å². The molecule has 7 heteroatoms. The van der Waals surface area contributed by atoms with Gasteiger partial charge >= 0.3 is 6.09 Å². The highest BCUT2D eigenvalue weighted by molar-refractivity contribution is 5.81. The Labute approximate surface area is 159 Å². The maximum Gasteiger partial charge on any atom is 0.407 e. The first-order chi connectivity index (χ1) is 12.9. The summed E-state index contributed by atoms with van der Waals surface area (Å²) in [6, 6.07) is 8.47. The van der Waals surface area contributed by atoms with Gasteiger partial charge in [0.05, 0.1) is 17.1 Å². The predicted molar refractivity (Wildman–Crippen MR) is 106 cm³/mol. The number of benzene rings is 1. The van der Waals surface area contributed by atoms with E-state index in [9.17, 15) is 4.79 Å². The Balaban J connectivity index is 1.51. The molecule has 1 aromatic heterocycles. The summed E-state index contributed by atoms with van der Waals surface area (Å²) < 4.78 is 5.37. The number of amides is 1. The minimum Gasteiger partial charge on any atom is -0.444 e. The van der Waals surface area contributed by atoms with Crippen molar-refractivity contribution in [3.8, 4) is 0 Å². The Bertz CT molecular complexity index is 844. The number of ether oxygens (including phenoxy) is 1. The van der Waals surface area contributed by atoms with Gasteiger partial charge < -0.3 is 20.3 Å². The number of carbonyl (C=O) groups is 1. The number of nitrogens with one attached hydrogen (secondary N) is 2. The zero-order valence-electron chi connectivity index (χ0n) is 16.2. The van der Waals surface area contributed by atoms with Crippen molar-refractivity contribution < 1.29 is 9.53 Å². The van der Waals surface area contributed by atoms with Crippen molar-refractivity contribution in [2.24, 2.45) is 0 Å². The van der Waals surface area contributed by atoms with Gasteiger partial charge in [-0.25, -0.2) is 14.8 Å². The maximum atomic E-state index is 12.1. The monoisotopic (exact) mass is 369 g/mol. The molecular weight excluding hydrogens is 342 g/mol. The molecule has 1 saturated carbocycles. The summed E-state index contributed by atoms with van der Waals surface area (Å²) in [6.07, 6.45) is 2.85. The van der Waals surface area contributed by atoms with E-state index in [4.69, 9.17) is 14.7 Å². The van der Waals surface area contributed by atoms with Gasteiger partial charge in [0.1, 0.15) is 5.60 Å². The predicted octanol–water partition coefficient (Wildman–Crippen LogP) is 3.31. The number of anilines is 2. The number of rotatable bonds is 4. The van der Waals surface area contributed by atoms with Gasteiger partial charge in [-0.15, -0.1) is 0 Å². The summed E-state index contributed by atoms with van der Waals surface area (Å²) in [4.78, 5) is 23.9. The molecule has 1 atom stereocenters. The quantitative estimate of drug-likeness (QED) is 0.861. The molecule has 2 aromatic rings. The van der Waals surface area contributed by atoms with Crippen LogP contribution in [0.3, 0.4) is 0 Å². The smallest absolute Gasteiger partial charge is 0.407 e. The van der Waals surface area contributed by atoms with Gasteiger partial charge in [-0.05, 0) is 52.2 Å². The average Bonchev–Trinajstić information content (AvgIpc) is 3.29. The molecule has 2 heterocycles. The van der Waals surface area contributed by atoms with Crippen molar-refractivity contribution >= 4 is 28.8 Å². The van der Waals surface area contributed by atoms with Crippen molar-refractivity contribution in [1.82, 2.24) is 15.3 Å². The Morgan fingerprint density at radius 3 is 2.48 bits per heavy atom. The summed E-state index contributed by atoms with van der Waals surface area (Å²) >= 11 is 0. The number of nitrogens with zero attached hydrogens (tertiary/aromatic N) is 3. The van der Waals surface area contributed by atoms with Gasteiger partial charge in [0.15, 0.2) is 11.6 Å². The van der Waals surface area contributed by atoms with Crippen molar-refractivity contribution in [2.75, 3.05) is 23.3 Å². The maximum absolute atomic E-state index is 12.1. The van der Waals surface area contributed by atoms with Crippen LogP contribution in [0.5, 0.6) is 0 Å². The zero-order valence-corrected chi connectivity index (χ0v) is 16.2. The summed E-state index contributed by atoms with van der Waals surface area (Å²) in [5.41, 5.74) is 1.29. The Kier molecular flexibility index (Phi) is 4.53. The third-order valence-corrected chi connectivity index (χ3v) is 4.68. The molecule has 2 fully saturated rings. The summed E-state index contributed by atoms with van der Waals surface area (Å²) in [5.74, 6) is 1.71. The molecular formula is C20H27N5O2. The molecule has 0 bridgehead atoms. The first kappa shape index (κ1) is 17.8. The van der Waals surface area contributed by atoms with E-state index in [0.717, 1.165) is 35.6 Å². The number of para-hydroxylation sites is 2. The summed E-state index contributed by atoms with van der Waals surface area (Å²) in [6.45, 7) is 7.13. The van der Waals surface area contributed by atoms with Gasteiger partial charge in [0, 0.05) is 19.1 Å². The van der Waals surface area contributed by atoms with E-state index in [1.165, 1.54) is 12.8 Å². The second kappa shape index (κ2) is 6.87. The number of carbonyl (C=O) groups excluding carboxylic acids is 1. The van der Waals surface area contributed by atoms with Crippen LogP contribution in [0.15, 0.2) is 24.3 Å². The van der Waals surface area contributed by atoms with E-state index in [1.54, 1.807) is 0 Å². The summed E-state index contributed by atoms with van der Waals surface area (Å²) in [5, 5.41) is 6.49. The third-order valence-electron chi connectivity index (χ3n) is 4.68. The number of alkyl carbamates (subject to hydrolysis) is 1. The molecule has 4 rings (SSSR count). The fourth-order valence-corrected chi connectivity index (χ4v) is 3.27. The van der Waals surface area contributed by atoms with Crippen LogP contribution in [0.4, 0.5) is 16.4 Å². The van der Waals surface area contributed by atoms with Gasteiger partial charge in [0.2, 0.25) is 0 Å². The van der Waals surface area contributed by atoms with Crippen molar-refractivity contribution in [1.29, 1.82) is 0 Å². The molecule has 27 heavy (non-hydrogen) atoms. The van der Waals surface area contributed by atoms with Crippen LogP contribution in [-0.2, 0) is 4.74 Å². The van der Waals surface area contributed by atoms with Crippen molar-refractivity contribution in [3.05, 3.63) is 24.3 Å². The van der Waals surface area contributed by atoms with Crippen LogP contribution in [0, 0.1) is 0 Å². The first-order valence-electron chi connectivity index (χ1n) is 9.65. The van der Waals surface area contributed by atoms with E-state index in [-0.39, 0.29) is 12.1 Å². The average molecular weight is 369 g/mol. The van der Waals surface area contributed by atoms with Crippen molar-refractivity contribution in [2.45, 2.75) is 57.7 Å². The molecule has 7 nitrogen and oxygen atoms in total. The van der Waals surface area contributed by atoms with E-state index in [1.807, 2.05) is 45.0 Å². The Hall–Kier alpha value is -2.57. The third kappa shape index (κ3) is 4.40. The number of aromatic nitrogens is 2. The molecule has 1 aromatic carbocycles. The lowest BCUT2D eigenvalue weighted by Gasteiger charge is -2.23. The Morgan fingerprint density at radius 2 is 1.81 bits per heavy atom. The van der Waals surface area contributed by atoms with Crippen LogP contribution in [0.1, 0.15) is 40.0 Å². The molecule has 0 radical (unpaired) electrons. The van der Waals surface area contributed by atoms with Crippen LogP contribution in [-0.4, -0.2) is 46.8 Å². The largest absolute Gasteiger partial charge is 0.444 e. The fourth-order valence-electron chi connectivity index (χ4n) is 3.27. The van der Waals surface area contributed by atoms with Gasteiger partial charge in [-0.2, -0.15) is 0 Å². The molecule has 1 amide bonds. The lowest BCUT2D eigenvalue weighted by Crippen LogP contribution is -2.40. The molecule has 2 N–H and O–H groups in total. The molecule has 0 unspecified atom stereocenters. The number of hydrogen-bond acceptors (Lipinski definition) is 6. The minimum atomic E-state index is -0.493. The highest BCUT2D eigenvalue weighted by atomic mass is 16.6. The van der Waals surface area contributed by atoms with E-state index < -0.39 is 5.60 Å². The molecule has 2 aliphatic rings. The molecule has 0 spiro atoms. The zero-order chi connectivity index (χ0) is 19.0. The second-order valence-electron chi connectivity index (χ2n) is 8.38. The van der Waals surface area contributed by atoms with Gasteiger partial charge in [-0.1, -0.05) is 12.1 Å². The highest BCUT2D eigenvalue weighted by Crippen LogP contribution is 2.32. The highest BCUT2D eigenvalue weighted by Gasteiger charge is 2.30. The minimum absolute atomic E-state index is 0.0434. The van der Waals surface area contributed by atoms with Crippen LogP contribution < -0.4 is 15.5 Å². The Morgan fingerprint density at radius 1 is 1.11 bits per heavy atom. The van der Waals surface area contributed by atoms with Crippen LogP contribution in [0.25, 0.3) is 11.0 Å². The van der Waals surface area contributed by atoms with Gasteiger partial charge in [0.25, 0.3) is 0 Å². The molecule has 1 aliphatic carbocycles. The van der Waals surface area contributed by atoms with Crippen LogP contribution in [0.2, 0.25) is 0 Å². The van der Waals surface area contributed by atoms with E-state index in [0.29, 0.717) is 12.6 Å². The van der Waals surface area contributed by atoms with Gasteiger partial charge in [-0.3, -0.25) is 0 Å². The number of fused-ring (bicyclic) bond motifs is 1. The lowest BCUT2D eigenvalue weighted by molar-refractivity contribution is 0.0509.